The first-order valence-electron chi connectivity index (χ1n) is 15.6. The highest BCUT2D eigenvalue weighted by Gasteiger charge is 2.17. The highest BCUT2D eigenvalue weighted by molar-refractivity contribution is 5.86. The Hall–Kier alpha value is -6.12. The maximum Gasteiger partial charge on any atom is 0.205 e. The first-order valence-corrected chi connectivity index (χ1v) is 15.6. The van der Waals surface area contributed by atoms with Crippen molar-refractivity contribution in [3.05, 3.63) is 188 Å². The summed E-state index contributed by atoms with van der Waals surface area (Å²) in [6.45, 7) is 0. The van der Waals surface area contributed by atoms with Gasteiger partial charge in [0.25, 0.3) is 0 Å². The normalized spacial score (nSPS) is 11.0. The Labute approximate surface area is 269 Å². The monoisotopic (exact) mass is 589 g/mol. The lowest BCUT2D eigenvalue weighted by Gasteiger charge is -2.23. The second-order valence-corrected chi connectivity index (χ2v) is 11.4. The summed E-state index contributed by atoms with van der Waals surface area (Å²) in [5.41, 5.74) is 12.5. The minimum absolute atomic E-state index is 0.779. The lowest BCUT2D eigenvalue weighted by molar-refractivity contribution is 0.621. The summed E-state index contributed by atoms with van der Waals surface area (Å²) in [6.07, 6.45) is 0. The zero-order valence-electron chi connectivity index (χ0n) is 25.3. The van der Waals surface area contributed by atoms with Crippen LogP contribution in [0.4, 0.5) is 17.3 Å². The van der Waals surface area contributed by atoms with Gasteiger partial charge in [0.1, 0.15) is 5.58 Å². The fraction of sp³-hybridized carbons (Fsp3) is 0. The average Bonchev–Trinajstić information content (AvgIpc) is 3.57. The van der Waals surface area contributed by atoms with Gasteiger partial charge >= 0.3 is 0 Å². The lowest BCUT2D eigenvalue weighted by atomic mass is 9.99. The molecule has 0 unspecified atom stereocenters. The molecule has 0 bridgehead atoms. The Balaban J connectivity index is 1.11. The van der Waals surface area contributed by atoms with E-state index in [0.29, 0.717) is 0 Å². The predicted molar refractivity (Wildman–Crippen MR) is 193 cm³/mol. The van der Waals surface area contributed by atoms with Gasteiger partial charge in [-0.05, 0) is 74.8 Å². The molecule has 0 fully saturated rings. The number of rotatable bonds is 7. The second-order valence-electron chi connectivity index (χ2n) is 11.4. The van der Waals surface area contributed by atoms with Gasteiger partial charge in [-0.15, -0.1) is 0 Å². The number of fused-ring (bicyclic) bond motifs is 1. The van der Waals surface area contributed by atoms with Crippen LogP contribution < -0.4 is 4.90 Å². The Morgan fingerprint density at radius 3 is 1.02 bits per heavy atom. The maximum atomic E-state index is 6.41. The van der Waals surface area contributed by atoms with Crippen LogP contribution in [0.3, 0.4) is 0 Å². The van der Waals surface area contributed by atoms with Crippen LogP contribution in [-0.4, -0.2) is 0 Å². The van der Waals surface area contributed by atoms with Gasteiger partial charge in [-0.25, -0.2) is 0 Å². The third-order valence-electron chi connectivity index (χ3n) is 8.53. The first kappa shape index (κ1) is 27.4. The van der Waals surface area contributed by atoms with E-state index < -0.39 is 0 Å². The molecule has 218 valence electrons. The molecule has 0 radical (unpaired) electrons. The third-order valence-corrected chi connectivity index (χ3v) is 8.53. The molecular formula is C44H31NO. The molecule has 0 amide bonds. The van der Waals surface area contributed by atoms with E-state index >= 15 is 0 Å². The minimum Gasteiger partial charge on any atom is -0.440 e. The van der Waals surface area contributed by atoms with Crippen LogP contribution >= 0.6 is 0 Å². The Morgan fingerprint density at radius 1 is 0.304 bits per heavy atom. The van der Waals surface area contributed by atoms with Crippen molar-refractivity contribution in [2.24, 2.45) is 0 Å². The standard InChI is InChI=1S/C44H31NO/c1-3-9-32(10-4-1)34-15-19-36(20-16-34)38-23-27-41(28-24-38)45(44-31-40-13-7-8-14-43(40)46-44)42-29-25-39(26-30-42)37-21-17-35(18-22-37)33-11-5-2-6-12-33/h1-31H. The lowest BCUT2D eigenvalue weighted by Crippen LogP contribution is -2.08. The SMILES string of the molecule is c1ccc(-c2ccc(-c3ccc(N(c4ccc(-c5ccc(-c6ccccc6)cc5)cc4)c4cc5ccccc5o4)cc3)cc2)cc1. The van der Waals surface area contributed by atoms with Crippen molar-refractivity contribution in [2.75, 3.05) is 4.90 Å². The number of para-hydroxylation sites is 1. The topological polar surface area (TPSA) is 16.4 Å². The Morgan fingerprint density at radius 2 is 0.630 bits per heavy atom. The van der Waals surface area contributed by atoms with E-state index in [2.05, 4.69) is 163 Å². The molecule has 1 aromatic heterocycles. The van der Waals surface area contributed by atoms with Crippen molar-refractivity contribution < 1.29 is 4.42 Å². The van der Waals surface area contributed by atoms with Crippen LogP contribution in [0.25, 0.3) is 55.5 Å². The van der Waals surface area contributed by atoms with E-state index in [4.69, 9.17) is 4.42 Å². The van der Waals surface area contributed by atoms with Gasteiger partial charge in [0.2, 0.25) is 5.88 Å². The number of furan rings is 1. The van der Waals surface area contributed by atoms with E-state index in [1.54, 1.807) is 0 Å². The van der Waals surface area contributed by atoms with Crippen molar-refractivity contribution in [3.8, 4) is 44.5 Å². The number of benzene rings is 7. The fourth-order valence-electron chi connectivity index (χ4n) is 6.06. The van der Waals surface area contributed by atoms with Crippen LogP contribution in [0.1, 0.15) is 0 Å². The second kappa shape index (κ2) is 12.1. The molecule has 2 heteroatoms. The number of anilines is 3. The molecule has 0 aliphatic carbocycles. The molecule has 0 atom stereocenters. The molecule has 0 N–H and O–H groups in total. The highest BCUT2D eigenvalue weighted by Crippen LogP contribution is 2.39. The summed E-state index contributed by atoms with van der Waals surface area (Å²) in [6, 6.07) is 66.2. The maximum absolute atomic E-state index is 6.41. The summed E-state index contributed by atoms with van der Waals surface area (Å²) in [7, 11) is 0. The van der Waals surface area contributed by atoms with Crippen molar-refractivity contribution in [3.63, 3.8) is 0 Å². The summed E-state index contributed by atoms with van der Waals surface area (Å²) in [4.78, 5) is 2.19. The van der Waals surface area contributed by atoms with E-state index in [1.807, 2.05) is 30.3 Å². The van der Waals surface area contributed by atoms with Gasteiger partial charge in [0.05, 0.1) is 0 Å². The molecule has 0 saturated heterocycles. The van der Waals surface area contributed by atoms with Crippen LogP contribution in [0, 0.1) is 0 Å². The fourth-order valence-corrected chi connectivity index (χ4v) is 6.06. The summed E-state index contributed by atoms with van der Waals surface area (Å²) >= 11 is 0. The minimum atomic E-state index is 0.779. The molecule has 8 aromatic rings. The quantitative estimate of drug-likeness (QED) is 0.184. The zero-order valence-corrected chi connectivity index (χ0v) is 25.3. The molecule has 46 heavy (non-hydrogen) atoms. The summed E-state index contributed by atoms with van der Waals surface area (Å²) in [5, 5.41) is 1.08. The van der Waals surface area contributed by atoms with Crippen LogP contribution in [-0.2, 0) is 0 Å². The predicted octanol–water partition coefficient (Wildman–Crippen LogP) is 12.6. The van der Waals surface area contributed by atoms with Crippen LogP contribution in [0.2, 0.25) is 0 Å². The first-order chi connectivity index (χ1) is 22.8. The molecule has 7 aromatic carbocycles. The van der Waals surface area contributed by atoms with Gasteiger partial charge in [-0.3, -0.25) is 4.90 Å². The molecule has 0 aliphatic heterocycles. The van der Waals surface area contributed by atoms with Crippen molar-refractivity contribution >= 4 is 28.2 Å². The smallest absolute Gasteiger partial charge is 0.205 e. The van der Waals surface area contributed by atoms with Crippen LogP contribution in [0.15, 0.2) is 192 Å². The zero-order chi connectivity index (χ0) is 30.7. The molecule has 8 rings (SSSR count). The van der Waals surface area contributed by atoms with Gasteiger partial charge in [-0.2, -0.15) is 0 Å². The van der Waals surface area contributed by atoms with Crippen molar-refractivity contribution in [1.29, 1.82) is 0 Å². The summed E-state index contributed by atoms with van der Waals surface area (Å²) in [5.74, 6) is 0.779. The molecule has 1 heterocycles. The Kier molecular flexibility index (Phi) is 7.22. The third kappa shape index (κ3) is 5.49. The number of nitrogens with zero attached hydrogens (tertiary/aromatic N) is 1. The summed E-state index contributed by atoms with van der Waals surface area (Å²) < 4.78 is 6.41. The number of hydrogen-bond acceptors (Lipinski definition) is 2. The van der Waals surface area contributed by atoms with Gasteiger partial charge < -0.3 is 4.42 Å². The van der Waals surface area contributed by atoms with Crippen molar-refractivity contribution in [1.82, 2.24) is 0 Å². The largest absolute Gasteiger partial charge is 0.440 e. The Bertz CT molecular complexity index is 2040. The van der Waals surface area contributed by atoms with Crippen molar-refractivity contribution in [2.45, 2.75) is 0 Å². The van der Waals surface area contributed by atoms with E-state index in [0.717, 1.165) is 28.2 Å². The van der Waals surface area contributed by atoms with Gasteiger partial charge in [0, 0.05) is 22.8 Å². The molecule has 0 aliphatic rings. The van der Waals surface area contributed by atoms with Gasteiger partial charge in [0.15, 0.2) is 0 Å². The molecule has 0 spiro atoms. The van der Waals surface area contributed by atoms with Gasteiger partial charge in [-0.1, -0.05) is 152 Å². The van der Waals surface area contributed by atoms with E-state index in [1.165, 1.54) is 44.5 Å². The molecular weight excluding hydrogens is 558 g/mol. The molecule has 2 nitrogen and oxygen atoms in total. The molecule has 0 saturated carbocycles. The van der Waals surface area contributed by atoms with Crippen LogP contribution in [0.5, 0.6) is 0 Å². The number of hydrogen-bond donors (Lipinski definition) is 0. The van der Waals surface area contributed by atoms with E-state index in [-0.39, 0.29) is 0 Å². The van der Waals surface area contributed by atoms with E-state index in [9.17, 15) is 0 Å². The highest BCUT2D eigenvalue weighted by atomic mass is 16.4. The average molecular weight is 590 g/mol.